The molecule has 0 saturated carbocycles. The molecule has 0 N–H and O–H groups in total. The smallest absolute Gasteiger partial charge is 0.338 e. The Labute approximate surface area is 235 Å². The van der Waals surface area contributed by atoms with Crippen LogP contribution in [0.4, 0.5) is 0 Å². The van der Waals surface area contributed by atoms with Crippen LogP contribution in [-0.2, 0) is 14.3 Å². The molecule has 0 aliphatic carbocycles. The van der Waals surface area contributed by atoms with E-state index in [1.54, 1.807) is 50.3 Å². The lowest BCUT2D eigenvalue weighted by atomic mass is 9.96. The number of carbonyl (C=O) groups excluding carboxylic acids is 2. The Morgan fingerprint density at radius 3 is 2.49 bits per heavy atom. The van der Waals surface area contributed by atoms with Gasteiger partial charge in [-0.1, -0.05) is 51.5 Å². The first kappa shape index (κ1) is 26.6. The molecule has 1 atom stereocenters. The standard InChI is InChI=1S/C29H23BrN2O6S/c1-4-36-28(35)25-16(2)31-29-32(26(25)19-7-11-21(12-8-19)37-17(3)33)27(34)24(39-29)15-22-13-14-23(38-22)18-5-9-20(30)10-6-18/h5-15,26H,4H2,1-3H3/b24-15+/t26-/m0/s1. The molecule has 8 nitrogen and oxygen atoms in total. The summed E-state index contributed by atoms with van der Waals surface area (Å²) in [6.45, 7) is 4.94. The quantitative estimate of drug-likeness (QED) is 0.232. The van der Waals surface area contributed by atoms with Gasteiger partial charge in [0, 0.05) is 23.0 Å². The van der Waals surface area contributed by atoms with Crippen molar-refractivity contribution in [2.75, 3.05) is 6.61 Å². The van der Waals surface area contributed by atoms with Crippen LogP contribution in [-0.4, -0.2) is 23.1 Å². The van der Waals surface area contributed by atoms with Gasteiger partial charge in [0.2, 0.25) is 0 Å². The largest absolute Gasteiger partial charge is 0.463 e. The molecule has 0 bridgehead atoms. The van der Waals surface area contributed by atoms with Crippen molar-refractivity contribution in [3.05, 3.63) is 107 Å². The van der Waals surface area contributed by atoms with Gasteiger partial charge in [0.25, 0.3) is 5.56 Å². The summed E-state index contributed by atoms with van der Waals surface area (Å²) in [6, 6.07) is 17.3. The maximum atomic E-state index is 13.8. The number of halogens is 1. The average Bonchev–Trinajstić information content (AvgIpc) is 3.48. The van der Waals surface area contributed by atoms with Gasteiger partial charge < -0.3 is 13.9 Å². The van der Waals surface area contributed by atoms with Crippen LogP contribution in [0.15, 0.2) is 90.6 Å². The molecule has 3 heterocycles. The molecule has 39 heavy (non-hydrogen) atoms. The van der Waals surface area contributed by atoms with E-state index in [1.807, 2.05) is 30.3 Å². The maximum Gasteiger partial charge on any atom is 0.338 e. The second-order valence-corrected chi connectivity index (χ2v) is 10.6. The molecule has 5 rings (SSSR count). The van der Waals surface area contributed by atoms with Gasteiger partial charge in [-0.2, -0.15) is 0 Å². The fourth-order valence-electron chi connectivity index (χ4n) is 4.32. The molecular weight excluding hydrogens is 584 g/mol. The van der Waals surface area contributed by atoms with E-state index in [0.717, 1.165) is 10.0 Å². The lowest BCUT2D eigenvalue weighted by Gasteiger charge is -2.24. The molecular formula is C29H23BrN2O6S. The predicted octanol–water partition coefficient (Wildman–Crippen LogP) is 4.75. The van der Waals surface area contributed by atoms with Crippen LogP contribution in [0.3, 0.4) is 0 Å². The molecule has 0 spiro atoms. The lowest BCUT2D eigenvalue weighted by molar-refractivity contribution is -0.139. The van der Waals surface area contributed by atoms with Crippen molar-refractivity contribution in [2.24, 2.45) is 4.99 Å². The number of esters is 2. The zero-order valence-corrected chi connectivity index (χ0v) is 23.7. The molecule has 0 fully saturated rings. The van der Waals surface area contributed by atoms with Gasteiger partial charge in [0.05, 0.1) is 28.5 Å². The summed E-state index contributed by atoms with van der Waals surface area (Å²) in [6.07, 6.45) is 1.68. The first-order valence-electron chi connectivity index (χ1n) is 12.1. The van der Waals surface area contributed by atoms with Gasteiger partial charge in [0.1, 0.15) is 17.3 Å². The first-order chi connectivity index (χ1) is 18.7. The van der Waals surface area contributed by atoms with E-state index in [9.17, 15) is 14.4 Å². The van der Waals surface area contributed by atoms with Gasteiger partial charge >= 0.3 is 11.9 Å². The van der Waals surface area contributed by atoms with Crippen molar-refractivity contribution in [1.29, 1.82) is 0 Å². The molecule has 1 aliphatic rings. The third kappa shape index (κ3) is 5.43. The van der Waals surface area contributed by atoms with Gasteiger partial charge in [-0.25, -0.2) is 9.79 Å². The van der Waals surface area contributed by atoms with E-state index < -0.39 is 18.0 Å². The van der Waals surface area contributed by atoms with Crippen LogP contribution < -0.4 is 19.6 Å². The van der Waals surface area contributed by atoms with Crippen LogP contribution in [0.1, 0.15) is 38.1 Å². The van der Waals surface area contributed by atoms with Crippen molar-refractivity contribution in [2.45, 2.75) is 26.8 Å². The summed E-state index contributed by atoms with van der Waals surface area (Å²) >= 11 is 4.64. The van der Waals surface area contributed by atoms with E-state index in [1.165, 1.54) is 22.8 Å². The van der Waals surface area contributed by atoms with Crippen LogP contribution in [0.5, 0.6) is 5.75 Å². The first-order valence-corrected chi connectivity index (χ1v) is 13.7. The summed E-state index contributed by atoms with van der Waals surface area (Å²) in [5.41, 5.74) is 1.97. The number of nitrogens with zero attached hydrogens (tertiary/aromatic N) is 2. The number of hydrogen-bond acceptors (Lipinski definition) is 8. The zero-order chi connectivity index (χ0) is 27.7. The van der Waals surface area contributed by atoms with E-state index in [4.69, 9.17) is 13.9 Å². The minimum absolute atomic E-state index is 0.178. The van der Waals surface area contributed by atoms with Gasteiger partial charge in [0.15, 0.2) is 4.80 Å². The second kappa shape index (κ2) is 11.0. The molecule has 2 aromatic carbocycles. The van der Waals surface area contributed by atoms with Crippen LogP contribution in [0.25, 0.3) is 17.4 Å². The summed E-state index contributed by atoms with van der Waals surface area (Å²) in [5.74, 6) is 0.554. The van der Waals surface area contributed by atoms with E-state index in [-0.39, 0.29) is 17.7 Å². The SMILES string of the molecule is CCOC(=O)C1=C(C)N=c2s/c(=C/c3ccc(-c4ccc(Br)cc4)o3)c(=O)n2[C@H]1c1ccc(OC(C)=O)cc1. The molecule has 0 amide bonds. The maximum absolute atomic E-state index is 13.8. The molecule has 4 aromatic rings. The Morgan fingerprint density at radius 1 is 1.10 bits per heavy atom. The predicted molar refractivity (Wildman–Crippen MR) is 150 cm³/mol. The van der Waals surface area contributed by atoms with E-state index >= 15 is 0 Å². The Morgan fingerprint density at radius 2 is 1.82 bits per heavy atom. The van der Waals surface area contributed by atoms with Crippen molar-refractivity contribution >= 4 is 45.3 Å². The van der Waals surface area contributed by atoms with Gasteiger partial charge in [-0.05, 0) is 55.8 Å². The highest BCUT2D eigenvalue weighted by atomic mass is 79.9. The number of ether oxygens (including phenoxy) is 2. The highest BCUT2D eigenvalue weighted by Crippen LogP contribution is 2.32. The number of benzene rings is 2. The summed E-state index contributed by atoms with van der Waals surface area (Å²) in [5, 5.41) is 0. The second-order valence-electron chi connectivity index (χ2n) is 8.67. The van der Waals surface area contributed by atoms with E-state index in [2.05, 4.69) is 20.9 Å². The minimum Gasteiger partial charge on any atom is -0.463 e. The Balaban J connectivity index is 1.61. The molecule has 0 saturated heterocycles. The minimum atomic E-state index is -0.774. The number of rotatable bonds is 6. The fraction of sp³-hybridized carbons (Fsp3) is 0.172. The molecule has 2 aromatic heterocycles. The number of carbonyl (C=O) groups is 2. The molecule has 0 radical (unpaired) electrons. The van der Waals surface area contributed by atoms with Crippen LogP contribution in [0.2, 0.25) is 0 Å². The van der Waals surface area contributed by atoms with Crippen LogP contribution in [0, 0.1) is 0 Å². The topological polar surface area (TPSA) is 100 Å². The number of hydrogen-bond donors (Lipinski definition) is 0. The molecule has 1 aliphatic heterocycles. The Hall–Kier alpha value is -4.02. The third-order valence-corrected chi connectivity index (χ3v) is 7.51. The summed E-state index contributed by atoms with van der Waals surface area (Å²) in [4.78, 5) is 43.2. The zero-order valence-electron chi connectivity index (χ0n) is 21.3. The van der Waals surface area contributed by atoms with Crippen LogP contribution >= 0.6 is 27.3 Å². The normalized spacial score (nSPS) is 15.1. The number of fused-ring (bicyclic) bond motifs is 1. The molecule has 0 unspecified atom stereocenters. The van der Waals surface area contributed by atoms with Crippen molar-refractivity contribution < 1.29 is 23.5 Å². The number of furan rings is 1. The number of thiazole rings is 1. The van der Waals surface area contributed by atoms with Crippen molar-refractivity contribution in [1.82, 2.24) is 4.57 Å². The number of allylic oxidation sites excluding steroid dienone is 1. The Kier molecular flexibility index (Phi) is 7.49. The number of aromatic nitrogens is 1. The summed E-state index contributed by atoms with van der Waals surface area (Å²) in [7, 11) is 0. The van der Waals surface area contributed by atoms with Crippen molar-refractivity contribution in [3.8, 4) is 17.1 Å². The van der Waals surface area contributed by atoms with E-state index in [0.29, 0.717) is 37.9 Å². The molecule has 198 valence electrons. The van der Waals surface area contributed by atoms with Gasteiger partial charge in [-0.15, -0.1) is 0 Å². The summed E-state index contributed by atoms with van der Waals surface area (Å²) < 4.78 is 19.3. The Bertz CT molecular complexity index is 1780. The highest BCUT2D eigenvalue weighted by Gasteiger charge is 2.33. The average molecular weight is 607 g/mol. The third-order valence-electron chi connectivity index (χ3n) is 6.00. The highest BCUT2D eigenvalue weighted by molar-refractivity contribution is 9.10. The van der Waals surface area contributed by atoms with Gasteiger partial charge in [-0.3, -0.25) is 14.2 Å². The monoisotopic (exact) mass is 606 g/mol. The fourth-order valence-corrected chi connectivity index (χ4v) is 5.61. The lowest BCUT2D eigenvalue weighted by Crippen LogP contribution is -2.39. The molecule has 10 heteroatoms. The van der Waals surface area contributed by atoms with Crippen molar-refractivity contribution in [3.63, 3.8) is 0 Å².